The van der Waals surface area contributed by atoms with Gasteiger partial charge < -0.3 is 9.80 Å². The Hall–Kier alpha value is -2.41. The molecule has 2 fully saturated rings. The molecule has 2 N–H and O–H groups in total. The molecule has 0 radical (unpaired) electrons. The van der Waals surface area contributed by atoms with Crippen LogP contribution in [0.25, 0.3) is 0 Å². The molecular weight excluding hydrogens is 346 g/mol. The van der Waals surface area contributed by atoms with Crippen LogP contribution in [-0.4, -0.2) is 57.9 Å². The first-order valence-electron chi connectivity index (χ1n) is 9.29. The summed E-state index contributed by atoms with van der Waals surface area (Å²) < 4.78 is 0. The zero-order chi connectivity index (χ0) is 19.8. The summed E-state index contributed by atoms with van der Waals surface area (Å²) in [4.78, 5) is 40.7. The first kappa shape index (κ1) is 19.4. The van der Waals surface area contributed by atoms with Crippen molar-refractivity contribution in [3.05, 3.63) is 35.4 Å². The molecule has 0 bridgehead atoms. The van der Waals surface area contributed by atoms with E-state index in [0.717, 1.165) is 11.1 Å². The zero-order valence-electron chi connectivity index (χ0n) is 16.1. The maximum atomic E-state index is 13.5. The Morgan fingerprint density at radius 3 is 2.41 bits per heavy atom. The maximum Gasteiger partial charge on any atom is 0.245 e. The van der Waals surface area contributed by atoms with Crippen molar-refractivity contribution >= 4 is 17.7 Å². The van der Waals surface area contributed by atoms with Crippen molar-refractivity contribution in [2.75, 3.05) is 19.6 Å². The fourth-order valence-electron chi connectivity index (χ4n) is 4.41. The van der Waals surface area contributed by atoms with Crippen LogP contribution in [0.3, 0.4) is 0 Å². The summed E-state index contributed by atoms with van der Waals surface area (Å²) in [6.07, 6.45) is 1.15. The van der Waals surface area contributed by atoms with Gasteiger partial charge in [0.15, 0.2) is 0 Å². The van der Waals surface area contributed by atoms with Gasteiger partial charge in [0.25, 0.3) is 0 Å². The summed E-state index contributed by atoms with van der Waals surface area (Å²) in [6.45, 7) is 6.77. The Bertz CT molecular complexity index is 763. The number of hydrogen-bond acceptors (Lipinski definition) is 4. The average Bonchev–Trinajstić information content (AvgIpc) is 3.19. The van der Waals surface area contributed by atoms with Crippen molar-refractivity contribution in [1.82, 2.24) is 15.3 Å². The quantitative estimate of drug-likeness (QED) is 0.616. The lowest BCUT2D eigenvalue weighted by Crippen LogP contribution is -2.55. The summed E-state index contributed by atoms with van der Waals surface area (Å²) in [5.74, 6) is -0.645. The van der Waals surface area contributed by atoms with Gasteiger partial charge in [-0.25, -0.2) is 5.48 Å². The number of carbonyl (C=O) groups is 3. The molecule has 2 atom stereocenters. The minimum absolute atomic E-state index is 0.0248. The van der Waals surface area contributed by atoms with Gasteiger partial charge in [-0.05, 0) is 32.3 Å². The van der Waals surface area contributed by atoms with Crippen LogP contribution in [0.1, 0.15) is 44.2 Å². The van der Waals surface area contributed by atoms with E-state index in [4.69, 9.17) is 5.21 Å². The third-order valence-electron chi connectivity index (χ3n) is 6.21. The molecule has 2 unspecified atom stereocenters. The molecule has 2 aliphatic rings. The maximum absolute atomic E-state index is 13.5. The van der Waals surface area contributed by atoms with Crippen LogP contribution in [0.2, 0.25) is 0 Å². The van der Waals surface area contributed by atoms with Crippen molar-refractivity contribution < 1.29 is 19.6 Å². The van der Waals surface area contributed by atoms with Crippen LogP contribution in [0.4, 0.5) is 0 Å². The molecule has 3 amide bonds. The fraction of sp³-hybridized carbons (Fsp3) is 0.550. The third-order valence-corrected chi connectivity index (χ3v) is 6.21. The Morgan fingerprint density at radius 2 is 1.85 bits per heavy atom. The highest BCUT2D eigenvalue weighted by Crippen LogP contribution is 2.42. The van der Waals surface area contributed by atoms with Crippen LogP contribution in [-0.2, 0) is 19.8 Å². The average molecular weight is 373 g/mol. The monoisotopic (exact) mass is 373 g/mol. The predicted octanol–water partition coefficient (Wildman–Crippen LogP) is 1.37. The molecule has 0 spiro atoms. The second-order valence-electron chi connectivity index (χ2n) is 8.03. The second-order valence-corrected chi connectivity index (χ2v) is 8.03. The number of nitrogens with one attached hydrogen (secondary N) is 1. The number of hydroxylamine groups is 1. The van der Waals surface area contributed by atoms with Gasteiger partial charge in [0.2, 0.25) is 17.7 Å². The molecule has 2 saturated heterocycles. The number of carbonyl (C=O) groups excluding carboxylic acids is 3. The lowest BCUT2D eigenvalue weighted by atomic mass is 9.80. The van der Waals surface area contributed by atoms with Crippen molar-refractivity contribution in [3.8, 4) is 0 Å². The highest BCUT2D eigenvalue weighted by molar-refractivity contribution is 5.91. The van der Waals surface area contributed by atoms with Gasteiger partial charge in [0.05, 0.1) is 17.4 Å². The summed E-state index contributed by atoms with van der Waals surface area (Å²) >= 11 is 0. The first-order valence-corrected chi connectivity index (χ1v) is 9.29. The van der Waals surface area contributed by atoms with Gasteiger partial charge in [-0.3, -0.25) is 19.6 Å². The number of benzene rings is 1. The molecule has 1 aromatic rings. The predicted molar refractivity (Wildman–Crippen MR) is 99.0 cm³/mol. The van der Waals surface area contributed by atoms with Crippen LogP contribution in [0.15, 0.2) is 24.3 Å². The summed E-state index contributed by atoms with van der Waals surface area (Å²) in [6, 6.07) is 7.97. The lowest BCUT2D eigenvalue weighted by Gasteiger charge is -2.39. The van der Waals surface area contributed by atoms with E-state index in [0.29, 0.717) is 32.5 Å². The number of rotatable bonds is 4. The fourth-order valence-corrected chi connectivity index (χ4v) is 4.41. The van der Waals surface area contributed by atoms with Gasteiger partial charge in [0.1, 0.15) is 0 Å². The van der Waals surface area contributed by atoms with E-state index in [1.807, 2.05) is 38.1 Å². The van der Waals surface area contributed by atoms with E-state index in [9.17, 15) is 14.4 Å². The van der Waals surface area contributed by atoms with E-state index in [1.165, 1.54) is 6.92 Å². The normalized spacial score (nSPS) is 27.9. The SMILES string of the molecule is CC(=O)N1CCC(CC(=O)NO)(N2CCC(C)(c3ccc(C)cc3)C2=O)C1. The molecule has 0 saturated carbocycles. The lowest BCUT2D eigenvalue weighted by molar-refractivity contribution is -0.142. The summed E-state index contributed by atoms with van der Waals surface area (Å²) in [7, 11) is 0. The van der Waals surface area contributed by atoms with Crippen LogP contribution in [0, 0.1) is 6.92 Å². The van der Waals surface area contributed by atoms with Crippen LogP contribution >= 0.6 is 0 Å². The molecule has 0 aromatic heterocycles. The number of amides is 3. The smallest absolute Gasteiger partial charge is 0.245 e. The van der Waals surface area contributed by atoms with E-state index in [1.54, 1.807) is 15.3 Å². The summed E-state index contributed by atoms with van der Waals surface area (Å²) in [5, 5.41) is 9.02. The summed E-state index contributed by atoms with van der Waals surface area (Å²) in [5.41, 5.74) is 2.34. The van der Waals surface area contributed by atoms with E-state index >= 15 is 0 Å². The standard InChI is InChI=1S/C20H27N3O4/c1-14-4-6-16(7-5-14)19(3)8-11-23(18(19)26)20(12-17(25)21-27)9-10-22(13-20)15(2)24/h4-7,27H,8-13H2,1-3H3,(H,21,25). The Kier molecular flexibility index (Phi) is 4.99. The van der Waals surface area contributed by atoms with Crippen molar-refractivity contribution in [3.63, 3.8) is 0 Å². The van der Waals surface area contributed by atoms with E-state index in [2.05, 4.69) is 0 Å². The largest absolute Gasteiger partial charge is 0.340 e. The highest BCUT2D eigenvalue weighted by Gasteiger charge is 2.54. The molecule has 2 heterocycles. The molecule has 27 heavy (non-hydrogen) atoms. The number of likely N-dealkylation sites (tertiary alicyclic amines) is 2. The van der Waals surface area contributed by atoms with Crippen molar-refractivity contribution in [1.29, 1.82) is 0 Å². The topological polar surface area (TPSA) is 89.9 Å². The van der Waals surface area contributed by atoms with Gasteiger partial charge >= 0.3 is 0 Å². The van der Waals surface area contributed by atoms with Crippen molar-refractivity contribution in [2.24, 2.45) is 0 Å². The van der Waals surface area contributed by atoms with Gasteiger partial charge in [0, 0.05) is 26.6 Å². The first-order chi connectivity index (χ1) is 12.7. The molecule has 1 aromatic carbocycles. The van der Waals surface area contributed by atoms with Crippen molar-refractivity contribution in [2.45, 2.75) is 51.0 Å². The van der Waals surface area contributed by atoms with Gasteiger partial charge in [-0.15, -0.1) is 0 Å². The van der Waals surface area contributed by atoms with E-state index < -0.39 is 16.9 Å². The Morgan fingerprint density at radius 1 is 1.19 bits per heavy atom. The molecule has 2 aliphatic heterocycles. The van der Waals surface area contributed by atoms with Gasteiger partial charge in [-0.1, -0.05) is 29.8 Å². The van der Waals surface area contributed by atoms with Crippen LogP contribution < -0.4 is 5.48 Å². The Balaban J connectivity index is 1.92. The highest BCUT2D eigenvalue weighted by atomic mass is 16.5. The minimum Gasteiger partial charge on any atom is -0.340 e. The van der Waals surface area contributed by atoms with E-state index in [-0.39, 0.29) is 18.2 Å². The number of aryl methyl sites for hydroxylation is 1. The van der Waals surface area contributed by atoms with Gasteiger partial charge in [-0.2, -0.15) is 0 Å². The molecular formula is C20H27N3O4. The number of hydrogen-bond donors (Lipinski definition) is 2. The number of nitrogens with zero attached hydrogens (tertiary/aromatic N) is 2. The zero-order valence-corrected chi connectivity index (χ0v) is 16.1. The third kappa shape index (κ3) is 3.32. The molecule has 3 rings (SSSR count). The molecule has 7 nitrogen and oxygen atoms in total. The molecule has 146 valence electrons. The molecule has 0 aliphatic carbocycles. The Labute approximate surface area is 159 Å². The minimum atomic E-state index is -0.780. The van der Waals surface area contributed by atoms with Crippen LogP contribution in [0.5, 0.6) is 0 Å². The molecule has 7 heteroatoms. The second kappa shape index (κ2) is 6.96.